The van der Waals surface area contributed by atoms with Crippen molar-refractivity contribution in [3.8, 4) is 0 Å². The van der Waals surface area contributed by atoms with Gasteiger partial charge in [0.15, 0.2) is 17.5 Å². The molecule has 0 fully saturated rings. The molecule has 0 aromatic carbocycles. The average molecular weight is 260 g/mol. The van der Waals surface area contributed by atoms with E-state index in [9.17, 15) is 22.4 Å². The van der Waals surface area contributed by atoms with Gasteiger partial charge < -0.3 is 0 Å². The van der Waals surface area contributed by atoms with Gasteiger partial charge in [-0.3, -0.25) is 4.79 Å². The van der Waals surface area contributed by atoms with E-state index in [1.807, 2.05) is 0 Å². The van der Waals surface area contributed by atoms with Crippen molar-refractivity contribution in [2.24, 2.45) is 0 Å². The van der Waals surface area contributed by atoms with Crippen molar-refractivity contribution in [3.05, 3.63) is 0 Å². The third-order valence-corrected chi connectivity index (χ3v) is 3.17. The zero-order chi connectivity index (χ0) is 12.8. The average Bonchev–Trinajstić information content (AvgIpc) is 2.27. The monoisotopic (exact) mass is 260 g/mol. The Morgan fingerprint density at radius 2 is 1.81 bits per heavy atom. The predicted octanol–water partition coefficient (Wildman–Crippen LogP) is 3.77. The molecule has 0 radical (unpaired) electrons. The molecule has 0 aromatic heterocycles. The maximum absolute atomic E-state index is 13.1. The molecule has 0 aliphatic heterocycles. The summed E-state index contributed by atoms with van der Waals surface area (Å²) in [5.41, 5.74) is 0. The van der Waals surface area contributed by atoms with Crippen molar-refractivity contribution in [2.45, 2.75) is 51.4 Å². The van der Waals surface area contributed by atoms with Gasteiger partial charge in [0, 0.05) is 12.2 Å². The van der Waals surface area contributed by atoms with Crippen molar-refractivity contribution >= 4 is 16.9 Å². The second-order valence-electron chi connectivity index (χ2n) is 3.38. The minimum absolute atomic E-state index is 0.0418. The highest BCUT2D eigenvalue weighted by molar-refractivity contribution is 8.13. The fraction of sp³-hybridized carbons (Fsp3) is 0.900. The first kappa shape index (κ1) is 15.7. The standard InChI is InChI=1S/C10H16F4OS/c1-3-7(11)10(13,14)8(12)5-6-16-9(15)4-2/h7-8H,3-6H2,1-2H3. The van der Waals surface area contributed by atoms with Gasteiger partial charge >= 0.3 is 5.92 Å². The lowest BCUT2D eigenvalue weighted by Gasteiger charge is -2.23. The number of hydrogen-bond acceptors (Lipinski definition) is 2. The van der Waals surface area contributed by atoms with Crippen molar-refractivity contribution < 1.29 is 22.4 Å². The smallest absolute Gasteiger partial charge is 0.287 e. The van der Waals surface area contributed by atoms with E-state index >= 15 is 0 Å². The molecule has 0 saturated carbocycles. The van der Waals surface area contributed by atoms with E-state index < -0.39 is 31.1 Å². The Morgan fingerprint density at radius 3 is 2.25 bits per heavy atom. The highest BCUT2D eigenvalue weighted by atomic mass is 32.2. The van der Waals surface area contributed by atoms with Crippen LogP contribution in [0.4, 0.5) is 17.6 Å². The van der Waals surface area contributed by atoms with Crippen LogP contribution in [0.2, 0.25) is 0 Å². The molecule has 0 spiro atoms. The number of halogens is 4. The molecule has 0 amide bonds. The van der Waals surface area contributed by atoms with Crippen LogP contribution in [0.5, 0.6) is 0 Å². The summed E-state index contributed by atoms with van der Waals surface area (Å²) in [5.74, 6) is -4.00. The van der Waals surface area contributed by atoms with Gasteiger partial charge in [0.05, 0.1) is 0 Å². The molecule has 0 saturated heterocycles. The number of alkyl halides is 4. The number of carbonyl (C=O) groups is 1. The van der Waals surface area contributed by atoms with Gasteiger partial charge in [-0.05, 0) is 12.8 Å². The van der Waals surface area contributed by atoms with Crippen molar-refractivity contribution in [1.82, 2.24) is 0 Å². The zero-order valence-electron chi connectivity index (χ0n) is 9.31. The molecule has 1 nitrogen and oxygen atoms in total. The molecule has 2 unspecified atom stereocenters. The van der Waals surface area contributed by atoms with Crippen molar-refractivity contribution in [1.29, 1.82) is 0 Å². The van der Waals surface area contributed by atoms with E-state index in [-0.39, 0.29) is 17.3 Å². The largest absolute Gasteiger partial charge is 0.309 e. The molecule has 0 aliphatic carbocycles. The Labute approximate surface area is 97.0 Å². The third kappa shape index (κ3) is 4.72. The highest BCUT2D eigenvalue weighted by Crippen LogP contribution is 2.32. The Balaban J connectivity index is 4.04. The van der Waals surface area contributed by atoms with Crippen LogP contribution >= 0.6 is 11.8 Å². The summed E-state index contributed by atoms with van der Waals surface area (Å²) < 4.78 is 51.8. The lowest BCUT2D eigenvalue weighted by molar-refractivity contribution is -0.128. The number of hydrogen-bond donors (Lipinski definition) is 0. The van der Waals surface area contributed by atoms with Gasteiger partial charge in [-0.2, -0.15) is 0 Å². The predicted molar refractivity (Wildman–Crippen MR) is 57.4 cm³/mol. The molecule has 0 N–H and O–H groups in total. The van der Waals surface area contributed by atoms with Crippen LogP contribution in [0.15, 0.2) is 0 Å². The summed E-state index contributed by atoms with van der Waals surface area (Å²) in [7, 11) is 0. The Bertz CT molecular complexity index is 223. The fourth-order valence-corrected chi connectivity index (χ4v) is 1.80. The second-order valence-corrected chi connectivity index (χ2v) is 4.53. The highest BCUT2D eigenvalue weighted by Gasteiger charge is 2.47. The van der Waals surface area contributed by atoms with Gasteiger partial charge in [0.25, 0.3) is 0 Å². The molecular weight excluding hydrogens is 244 g/mol. The fourth-order valence-electron chi connectivity index (χ4n) is 1.04. The van der Waals surface area contributed by atoms with E-state index in [0.29, 0.717) is 0 Å². The normalized spacial score (nSPS) is 15.9. The molecule has 0 aromatic rings. The molecular formula is C10H16F4OS. The maximum atomic E-state index is 13.1. The summed E-state index contributed by atoms with van der Waals surface area (Å²) in [6, 6.07) is 0. The van der Waals surface area contributed by atoms with E-state index in [1.165, 1.54) is 6.92 Å². The number of rotatable bonds is 7. The minimum atomic E-state index is -3.95. The van der Waals surface area contributed by atoms with Crippen LogP contribution in [0.25, 0.3) is 0 Å². The Hall–Kier alpha value is -0.260. The molecule has 6 heteroatoms. The van der Waals surface area contributed by atoms with E-state index in [2.05, 4.69) is 0 Å². The van der Waals surface area contributed by atoms with Crippen molar-refractivity contribution in [3.63, 3.8) is 0 Å². The zero-order valence-corrected chi connectivity index (χ0v) is 10.1. The quantitative estimate of drug-likeness (QED) is 0.648. The first-order valence-electron chi connectivity index (χ1n) is 5.17. The summed E-state index contributed by atoms with van der Waals surface area (Å²) in [4.78, 5) is 10.8. The van der Waals surface area contributed by atoms with Gasteiger partial charge in [-0.1, -0.05) is 25.6 Å². The molecule has 0 aliphatic rings. The van der Waals surface area contributed by atoms with Crippen molar-refractivity contribution in [2.75, 3.05) is 5.75 Å². The van der Waals surface area contributed by atoms with Crippen LogP contribution in [-0.4, -0.2) is 29.1 Å². The van der Waals surface area contributed by atoms with E-state index in [4.69, 9.17) is 0 Å². The van der Waals surface area contributed by atoms with Gasteiger partial charge in [-0.25, -0.2) is 17.6 Å². The van der Waals surface area contributed by atoms with Crippen LogP contribution in [0, 0.1) is 0 Å². The molecule has 0 heterocycles. The van der Waals surface area contributed by atoms with Gasteiger partial charge in [0.2, 0.25) is 0 Å². The molecule has 2 atom stereocenters. The van der Waals surface area contributed by atoms with Crippen LogP contribution < -0.4 is 0 Å². The topological polar surface area (TPSA) is 17.1 Å². The SMILES string of the molecule is CCC(=O)SCCC(F)C(F)(F)C(F)CC. The van der Waals surface area contributed by atoms with Crippen LogP contribution in [0.3, 0.4) is 0 Å². The summed E-state index contributed by atoms with van der Waals surface area (Å²) >= 11 is 0.805. The van der Waals surface area contributed by atoms with E-state index in [0.717, 1.165) is 11.8 Å². The molecule has 0 bridgehead atoms. The van der Waals surface area contributed by atoms with Gasteiger partial charge in [0.1, 0.15) is 0 Å². The number of carbonyl (C=O) groups excluding carboxylic acids is 1. The van der Waals surface area contributed by atoms with Gasteiger partial charge in [-0.15, -0.1) is 0 Å². The Kier molecular flexibility index (Phi) is 7.03. The maximum Gasteiger partial charge on any atom is 0.309 e. The van der Waals surface area contributed by atoms with Crippen LogP contribution in [-0.2, 0) is 4.79 Å². The lowest BCUT2D eigenvalue weighted by Crippen LogP contribution is -2.40. The second kappa shape index (κ2) is 7.14. The molecule has 0 rings (SSSR count). The van der Waals surface area contributed by atoms with E-state index in [1.54, 1.807) is 6.92 Å². The minimum Gasteiger partial charge on any atom is -0.287 e. The first-order valence-corrected chi connectivity index (χ1v) is 6.16. The molecule has 96 valence electrons. The summed E-state index contributed by atoms with van der Waals surface area (Å²) in [6.07, 6.45) is -5.65. The lowest BCUT2D eigenvalue weighted by atomic mass is 10.1. The number of thioether (sulfide) groups is 1. The summed E-state index contributed by atoms with van der Waals surface area (Å²) in [5, 5.41) is -0.178. The molecule has 16 heavy (non-hydrogen) atoms. The van der Waals surface area contributed by atoms with Crippen LogP contribution in [0.1, 0.15) is 33.1 Å². The Morgan fingerprint density at radius 1 is 1.25 bits per heavy atom. The first-order chi connectivity index (χ1) is 7.36. The summed E-state index contributed by atoms with van der Waals surface area (Å²) in [6.45, 7) is 2.87. The third-order valence-electron chi connectivity index (χ3n) is 2.12.